The van der Waals surface area contributed by atoms with Gasteiger partial charge >= 0.3 is 5.97 Å². The topological polar surface area (TPSA) is 84.3 Å². The fourth-order valence-corrected chi connectivity index (χ4v) is 4.71. The minimum absolute atomic E-state index is 0.0224. The molecule has 1 saturated heterocycles. The van der Waals surface area contributed by atoms with Crippen molar-refractivity contribution in [2.45, 2.75) is 12.8 Å². The summed E-state index contributed by atoms with van der Waals surface area (Å²) < 4.78 is 23.7. The van der Waals surface area contributed by atoms with Crippen LogP contribution >= 0.6 is 15.9 Å². The Kier molecular flexibility index (Phi) is 4.25. The van der Waals surface area contributed by atoms with Crippen molar-refractivity contribution in [2.24, 2.45) is 11.8 Å². The van der Waals surface area contributed by atoms with Crippen molar-refractivity contribution in [1.82, 2.24) is 4.98 Å². The van der Waals surface area contributed by atoms with Gasteiger partial charge in [-0.2, -0.15) is 0 Å². The second-order valence-electron chi connectivity index (χ2n) is 4.82. The average molecular weight is 348 g/mol. The van der Waals surface area contributed by atoms with Crippen molar-refractivity contribution in [3.8, 4) is 0 Å². The summed E-state index contributed by atoms with van der Waals surface area (Å²) >= 11 is 3.28. The van der Waals surface area contributed by atoms with Crippen LogP contribution in [0, 0.1) is 11.8 Å². The van der Waals surface area contributed by atoms with Gasteiger partial charge in [0.25, 0.3) is 0 Å². The van der Waals surface area contributed by atoms with E-state index in [0.717, 1.165) is 10.0 Å². The zero-order chi connectivity index (χ0) is 14.0. The Balaban J connectivity index is 2.16. The molecule has 2 atom stereocenters. The predicted octanol–water partition coefficient (Wildman–Crippen LogP) is 1.52. The number of nitrogens with zero attached hydrogens (tertiary/aromatic N) is 1. The molecule has 5 nitrogen and oxygen atoms in total. The molecule has 0 bridgehead atoms. The van der Waals surface area contributed by atoms with E-state index < -0.39 is 21.7 Å². The summed E-state index contributed by atoms with van der Waals surface area (Å²) in [7, 11) is -3.06. The Hall–Kier alpha value is -0.950. The van der Waals surface area contributed by atoms with E-state index in [1.165, 1.54) is 0 Å². The maximum absolute atomic E-state index is 11.5. The molecule has 1 aliphatic rings. The third-order valence-electron chi connectivity index (χ3n) is 3.37. The summed E-state index contributed by atoms with van der Waals surface area (Å²) in [6, 6.07) is 1.81. The first-order valence-corrected chi connectivity index (χ1v) is 8.51. The summed E-state index contributed by atoms with van der Waals surface area (Å²) in [5.41, 5.74) is 0.797. The van der Waals surface area contributed by atoms with Crippen LogP contribution in [0.4, 0.5) is 0 Å². The molecule has 2 rings (SSSR count). The number of carboxylic acid groups (broad SMARTS) is 1. The van der Waals surface area contributed by atoms with Crippen molar-refractivity contribution in [2.75, 3.05) is 11.5 Å². The van der Waals surface area contributed by atoms with Gasteiger partial charge in [0.15, 0.2) is 9.84 Å². The van der Waals surface area contributed by atoms with Gasteiger partial charge in [0.2, 0.25) is 0 Å². The highest BCUT2D eigenvalue weighted by atomic mass is 79.9. The largest absolute Gasteiger partial charge is 0.481 e. The van der Waals surface area contributed by atoms with Gasteiger partial charge in [-0.05, 0) is 46.3 Å². The lowest BCUT2D eigenvalue weighted by atomic mass is 9.87. The molecule has 1 aromatic rings. The Morgan fingerprint density at radius 2 is 2.26 bits per heavy atom. The minimum atomic E-state index is -3.06. The van der Waals surface area contributed by atoms with Crippen molar-refractivity contribution < 1.29 is 18.3 Å². The number of aliphatic carboxylic acids is 1. The molecule has 0 saturated carbocycles. The van der Waals surface area contributed by atoms with E-state index in [-0.39, 0.29) is 17.4 Å². The molecule has 0 amide bonds. The maximum Gasteiger partial charge on any atom is 0.307 e. The number of carboxylic acids is 1. The van der Waals surface area contributed by atoms with E-state index in [9.17, 15) is 18.3 Å². The minimum Gasteiger partial charge on any atom is -0.481 e. The highest BCUT2D eigenvalue weighted by Crippen LogP contribution is 2.29. The van der Waals surface area contributed by atoms with Crippen LogP contribution in [0.2, 0.25) is 0 Å². The molecule has 7 heteroatoms. The first-order valence-electron chi connectivity index (χ1n) is 5.90. The average Bonchev–Trinajstić information content (AvgIpc) is 2.66. The van der Waals surface area contributed by atoms with Gasteiger partial charge in [0.05, 0.1) is 17.4 Å². The number of hydrogen-bond donors (Lipinski definition) is 1. The van der Waals surface area contributed by atoms with Crippen LogP contribution in [-0.4, -0.2) is 36.0 Å². The second kappa shape index (κ2) is 5.58. The molecule has 2 unspecified atom stereocenters. The van der Waals surface area contributed by atoms with Crippen molar-refractivity contribution in [3.63, 3.8) is 0 Å². The first-order chi connectivity index (χ1) is 8.87. The van der Waals surface area contributed by atoms with Crippen LogP contribution in [0.25, 0.3) is 0 Å². The van der Waals surface area contributed by atoms with E-state index in [2.05, 4.69) is 20.9 Å². The van der Waals surface area contributed by atoms with E-state index in [0.29, 0.717) is 12.8 Å². The monoisotopic (exact) mass is 347 g/mol. The van der Waals surface area contributed by atoms with Gasteiger partial charge in [-0.15, -0.1) is 0 Å². The number of carbonyl (C=O) groups is 1. The zero-order valence-electron chi connectivity index (χ0n) is 10.1. The summed E-state index contributed by atoms with van der Waals surface area (Å²) in [6.45, 7) is 0. The van der Waals surface area contributed by atoms with Crippen LogP contribution in [-0.2, 0) is 21.1 Å². The van der Waals surface area contributed by atoms with Crippen molar-refractivity contribution >= 4 is 31.7 Å². The second-order valence-corrected chi connectivity index (χ2v) is 7.97. The Bertz CT molecular complexity index is 587. The molecule has 0 radical (unpaired) electrons. The van der Waals surface area contributed by atoms with Gasteiger partial charge in [0, 0.05) is 16.9 Å². The van der Waals surface area contributed by atoms with Crippen LogP contribution < -0.4 is 0 Å². The highest BCUT2D eigenvalue weighted by Gasteiger charge is 2.37. The van der Waals surface area contributed by atoms with E-state index >= 15 is 0 Å². The normalized spacial score (nSPS) is 23.1. The lowest BCUT2D eigenvalue weighted by molar-refractivity contribution is -0.143. The zero-order valence-corrected chi connectivity index (χ0v) is 12.5. The number of aromatic nitrogens is 1. The van der Waals surface area contributed by atoms with Gasteiger partial charge in [-0.25, -0.2) is 8.42 Å². The Morgan fingerprint density at radius 1 is 1.53 bits per heavy atom. The molecule has 1 aromatic heterocycles. The fourth-order valence-electron chi connectivity index (χ4n) is 2.42. The highest BCUT2D eigenvalue weighted by molar-refractivity contribution is 9.10. The van der Waals surface area contributed by atoms with Crippen LogP contribution in [0.3, 0.4) is 0 Å². The van der Waals surface area contributed by atoms with E-state index in [4.69, 9.17) is 0 Å². The molecule has 0 spiro atoms. The molecular weight excluding hydrogens is 334 g/mol. The SMILES string of the molecule is O=C(O)C(Cc1cncc(Br)c1)C1CCS(=O)(=O)C1. The quantitative estimate of drug-likeness (QED) is 0.892. The first kappa shape index (κ1) is 14.5. The van der Waals surface area contributed by atoms with Crippen LogP contribution in [0.15, 0.2) is 22.9 Å². The summed E-state index contributed by atoms with van der Waals surface area (Å²) in [6.07, 6.45) is 3.98. The predicted molar refractivity (Wildman–Crippen MR) is 73.5 cm³/mol. The van der Waals surface area contributed by atoms with Crippen molar-refractivity contribution in [3.05, 3.63) is 28.5 Å². The molecule has 104 valence electrons. The summed E-state index contributed by atoms with van der Waals surface area (Å²) in [4.78, 5) is 15.4. The third-order valence-corrected chi connectivity index (χ3v) is 5.60. The lowest BCUT2D eigenvalue weighted by Crippen LogP contribution is -2.26. The van der Waals surface area contributed by atoms with Gasteiger partial charge in [-0.3, -0.25) is 9.78 Å². The Labute approximate surface area is 120 Å². The molecule has 0 aliphatic carbocycles. The van der Waals surface area contributed by atoms with E-state index in [1.54, 1.807) is 12.4 Å². The van der Waals surface area contributed by atoms with E-state index in [1.807, 2.05) is 6.07 Å². The molecule has 1 fully saturated rings. The molecule has 19 heavy (non-hydrogen) atoms. The Morgan fingerprint density at radius 3 is 2.79 bits per heavy atom. The number of halogens is 1. The number of hydrogen-bond acceptors (Lipinski definition) is 4. The summed E-state index contributed by atoms with van der Waals surface area (Å²) in [5, 5.41) is 9.31. The van der Waals surface area contributed by atoms with Crippen LogP contribution in [0.5, 0.6) is 0 Å². The lowest BCUT2D eigenvalue weighted by Gasteiger charge is -2.18. The smallest absolute Gasteiger partial charge is 0.307 e. The van der Waals surface area contributed by atoms with Crippen LogP contribution in [0.1, 0.15) is 12.0 Å². The van der Waals surface area contributed by atoms with Gasteiger partial charge in [0.1, 0.15) is 0 Å². The molecule has 1 N–H and O–H groups in total. The number of sulfone groups is 1. The fraction of sp³-hybridized carbons (Fsp3) is 0.500. The molecule has 1 aliphatic heterocycles. The standard InChI is InChI=1S/C12H14BrNO4S/c13-10-3-8(5-14-6-10)4-11(12(15)16)9-1-2-19(17,18)7-9/h3,5-6,9,11H,1-2,4,7H2,(H,15,16). The van der Waals surface area contributed by atoms with Gasteiger partial charge in [-0.1, -0.05) is 0 Å². The van der Waals surface area contributed by atoms with Crippen molar-refractivity contribution in [1.29, 1.82) is 0 Å². The molecule has 2 heterocycles. The maximum atomic E-state index is 11.5. The molecule has 0 aromatic carbocycles. The third kappa shape index (κ3) is 3.76. The molecular formula is C12H14BrNO4S. The summed E-state index contributed by atoms with van der Waals surface area (Å²) in [5.74, 6) is -1.85. The number of pyridine rings is 1. The van der Waals surface area contributed by atoms with Gasteiger partial charge < -0.3 is 5.11 Å². The number of rotatable bonds is 4.